The number of fused-ring (bicyclic) bond motifs is 1. The zero-order valence-corrected chi connectivity index (χ0v) is 16.8. The molecule has 0 aliphatic carbocycles. The van der Waals surface area contributed by atoms with Crippen LogP contribution in [0, 0.1) is 0 Å². The van der Waals surface area contributed by atoms with E-state index >= 15 is 0 Å². The van der Waals surface area contributed by atoms with Crippen LogP contribution in [-0.2, 0) is 29.0 Å². The maximum atomic E-state index is 12.6. The van der Waals surface area contributed by atoms with Gasteiger partial charge in [-0.2, -0.15) is 9.97 Å². The van der Waals surface area contributed by atoms with E-state index in [2.05, 4.69) is 39.1 Å². The molecule has 4 rings (SSSR count). The molecule has 1 amide bonds. The summed E-state index contributed by atoms with van der Waals surface area (Å²) < 4.78 is 10.9. The number of rotatable bonds is 7. The van der Waals surface area contributed by atoms with Crippen LogP contribution in [0.15, 0.2) is 24.3 Å². The quantitative estimate of drug-likeness (QED) is 0.761. The number of carbonyl (C=O) groups excluding carboxylic acids is 1. The smallest absolute Gasteiger partial charge is 0.320 e. The molecule has 2 aromatic rings. The molecule has 0 atom stereocenters. The molecule has 3 heterocycles. The summed E-state index contributed by atoms with van der Waals surface area (Å²) in [6.45, 7) is 7.40. The highest BCUT2D eigenvalue weighted by atomic mass is 16.5. The van der Waals surface area contributed by atoms with Crippen molar-refractivity contribution < 1.29 is 14.3 Å². The first-order valence-electron chi connectivity index (χ1n) is 10.1. The second kappa shape index (κ2) is 8.75. The van der Waals surface area contributed by atoms with Gasteiger partial charge in [0.2, 0.25) is 5.91 Å². The van der Waals surface area contributed by atoms with Crippen molar-refractivity contribution >= 4 is 17.5 Å². The minimum atomic E-state index is -0.0222. The Labute approximate surface area is 170 Å². The van der Waals surface area contributed by atoms with Gasteiger partial charge in [-0.05, 0) is 17.5 Å². The zero-order valence-electron chi connectivity index (χ0n) is 16.8. The van der Waals surface area contributed by atoms with Crippen LogP contribution in [-0.4, -0.2) is 53.7 Å². The Morgan fingerprint density at radius 3 is 2.48 bits per heavy atom. The van der Waals surface area contributed by atoms with Crippen molar-refractivity contribution in [1.82, 2.24) is 14.9 Å². The van der Waals surface area contributed by atoms with Gasteiger partial charge >= 0.3 is 6.01 Å². The average Bonchev–Trinajstić information content (AvgIpc) is 3.05. The molecule has 8 nitrogen and oxygen atoms in total. The number of benzene rings is 1. The molecule has 0 bridgehead atoms. The summed E-state index contributed by atoms with van der Waals surface area (Å²) >= 11 is 0. The molecule has 1 aromatic carbocycles. The van der Waals surface area contributed by atoms with Gasteiger partial charge in [-0.3, -0.25) is 14.6 Å². The Hall–Kier alpha value is -2.71. The largest absolute Gasteiger partial charge is 0.463 e. The Bertz CT molecular complexity index is 865. The first kappa shape index (κ1) is 19.6. The van der Waals surface area contributed by atoms with Crippen molar-refractivity contribution in [2.75, 3.05) is 43.5 Å². The van der Waals surface area contributed by atoms with Crippen molar-refractivity contribution in [1.29, 1.82) is 0 Å². The van der Waals surface area contributed by atoms with Gasteiger partial charge in [0, 0.05) is 25.2 Å². The lowest BCUT2D eigenvalue weighted by molar-refractivity contribution is -0.117. The second-order valence-corrected chi connectivity index (χ2v) is 7.40. The maximum Gasteiger partial charge on any atom is 0.320 e. The van der Waals surface area contributed by atoms with Crippen LogP contribution in [0.3, 0.4) is 0 Å². The molecule has 0 spiro atoms. The summed E-state index contributed by atoms with van der Waals surface area (Å²) in [7, 11) is 0. The van der Waals surface area contributed by atoms with E-state index in [1.54, 1.807) is 4.90 Å². The lowest BCUT2D eigenvalue weighted by Crippen LogP contribution is -2.35. The second-order valence-electron chi connectivity index (χ2n) is 7.40. The van der Waals surface area contributed by atoms with Gasteiger partial charge in [0.25, 0.3) is 0 Å². The molecule has 1 aromatic heterocycles. The summed E-state index contributed by atoms with van der Waals surface area (Å²) in [5.41, 5.74) is 9.03. The maximum absolute atomic E-state index is 12.6. The van der Waals surface area contributed by atoms with E-state index in [9.17, 15) is 4.79 Å². The fraction of sp³-hybridized carbons (Fsp3) is 0.476. The van der Waals surface area contributed by atoms with E-state index in [1.165, 1.54) is 5.56 Å². The molecule has 2 aliphatic heterocycles. The number of nitrogen functional groups attached to an aromatic ring is 1. The van der Waals surface area contributed by atoms with Gasteiger partial charge in [0.15, 0.2) is 0 Å². The number of amides is 1. The van der Waals surface area contributed by atoms with E-state index < -0.39 is 0 Å². The molecule has 0 radical (unpaired) electrons. The molecule has 29 heavy (non-hydrogen) atoms. The number of hydrogen-bond donors (Lipinski definition) is 1. The Kier molecular flexibility index (Phi) is 5.92. The highest BCUT2D eigenvalue weighted by molar-refractivity contribution is 6.01. The van der Waals surface area contributed by atoms with Crippen molar-refractivity contribution in [3.63, 3.8) is 0 Å². The van der Waals surface area contributed by atoms with E-state index in [-0.39, 0.29) is 18.3 Å². The third kappa shape index (κ3) is 4.49. The third-order valence-electron chi connectivity index (χ3n) is 5.19. The molecule has 1 fully saturated rings. The predicted octanol–water partition coefficient (Wildman–Crippen LogP) is 1.77. The lowest BCUT2D eigenvalue weighted by atomic mass is 10.1. The van der Waals surface area contributed by atoms with Gasteiger partial charge in [-0.15, -0.1) is 0 Å². The van der Waals surface area contributed by atoms with Crippen LogP contribution in [0.2, 0.25) is 0 Å². The number of hydrogen-bond acceptors (Lipinski definition) is 7. The van der Waals surface area contributed by atoms with Crippen LogP contribution >= 0.6 is 0 Å². The van der Waals surface area contributed by atoms with Crippen molar-refractivity contribution in [2.45, 2.75) is 32.9 Å². The van der Waals surface area contributed by atoms with E-state index in [0.29, 0.717) is 30.4 Å². The summed E-state index contributed by atoms with van der Waals surface area (Å²) in [5, 5.41) is 0. The normalized spacial score (nSPS) is 16.9. The summed E-state index contributed by atoms with van der Waals surface area (Å²) in [6.07, 6.45) is 1.07. The highest BCUT2D eigenvalue weighted by Crippen LogP contribution is 2.33. The van der Waals surface area contributed by atoms with Gasteiger partial charge in [0.1, 0.15) is 11.6 Å². The standard InChI is InChI=1S/C21H27N5O3/c1-2-9-29-21-23-19(22)17-12-18(27)26(20(17)24-21)14-16-5-3-15(4-6-16)13-25-7-10-28-11-8-25/h3-6H,2,7-14H2,1H3,(H2,22,23,24). The lowest BCUT2D eigenvalue weighted by Gasteiger charge is -2.26. The molecule has 2 N–H and O–H groups in total. The first-order valence-corrected chi connectivity index (χ1v) is 10.1. The summed E-state index contributed by atoms with van der Waals surface area (Å²) in [5.74, 6) is 0.856. The van der Waals surface area contributed by atoms with Crippen molar-refractivity contribution in [3.05, 3.63) is 41.0 Å². The predicted molar refractivity (Wildman–Crippen MR) is 110 cm³/mol. The molecule has 8 heteroatoms. The number of nitrogens with zero attached hydrogens (tertiary/aromatic N) is 4. The number of anilines is 2. The van der Waals surface area contributed by atoms with E-state index in [1.807, 2.05) is 6.92 Å². The van der Waals surface area contributed by atoms with Crippen LogP contribution in [0.1, 0.15) is 30.0 Å². The Morgan fingerprint density at radius 2 is 1.79 bits per heavy atom. The van der Waals surface area contributed by atoms with Gasteiger partial charge in [0.05, 0.1) is 32.8 Å². The van der Waals surface area contributed by atoms with Crippen LogP contribution in [0.5, 0.6) is 6.01 Å². The van der Waals surface area contributed by atoms with Crippen LogP contribution in [0.25, 0.3) is 0 Å². The summed E-state index contributed by atoms with van der Waals surface area (Å²) in [6, 6.07) is 8.61. The molecule has 154 valence electrons. The molecule has 0 unspecified atom stereocenters. The van der Waals surface area contributed by atoms with Crippen molar-refractivity contribution in [3.8, 4) is 6.01 Å². The molecule has 1 saturated heterocycles. The SMILES string of the molecule is CCCOc1nc(N)c2c(n1)N(Cc1ccc(CN3CCOCC3)cc1)C(=O)C2. The fourth-order valence-corrected chi connectivity index (χ4v) is 3.60. The molecular weight excluding hydrogens is 370 g/mol. The Balaban J connectivity index is 1.47. The average molecular weight is 397 g/mol. The number of nitrogens with two attached hydrogens (primary N) is 1. The van der Waals surface area contributed by atoms with Crippen molar-refractivity contribution in [2.24, 2.45) is 0 Å². The zero-order chi connectivity index (χ0) is 20.2. The Morgan fingerprint density at radius 1 is 1.10 bits per heavy atom. The molecular formula is C21H27N5O3. The van der Waals surface area contributed by atoms with Gasteiger partial charge in [-0.1, -0.05) is 31.2 Å². The van der Waals surface area contributed by atoms with E-state index in [0.717, 1.165) is 44.8 Å². The minimum absolute atomic E-state index is 0.0222. The van der Waals surface area contributed by atoms with Gasteiger partial charge in [-0.25, -0.2) is 0 Å². The number of ether oxygens (including phenoxy) is 2. The number of morpholine rings is 1. The topological polar surface area (TPSA) is 93.8 Å². The highest BCUT2D eigenvalue weighted by Gasteiger charge is 2.32. The van der Waals surface area contributed by atoms with Crippen LogP contribution in [0.4, 0.5) is 11.6 Å². The number of carbonyl (C=O) groups is 1. The minimum Gasteiger partial charge on any atom is -0.463 e. The van der Waals surface area contributed by atoms with E-state index in [4.69, 9.17) is 15.2 Å². The first-order chi connectivity index (χ1) is 14.1. The fourth-order valence-electron chi connectivity index (χ4n) is 3.60. The van der Waals surface area contributed by atoms with Gasteiger partial charge < -0.3 is 15.2 Å². The monoisotopic (exact) mass is 397 g/mol. The molecule has 0 saturated carbocycles. The molecule has 2 aliphatic rings. The number of aromatic nitrogens is 2. The third-order valence-corrected chi connectivity index (χ3v) is 5.19. The summed E-state index contributed by atoms with van der Waals surface area (Å²) in [4.78, 5) is 25.3. The van der Waals surface area contributed by atoms with Crippen LogP contribution < -0.4 is 15.4 Å².